The van der Waals surface area contributed by atoms with Gasteiger partial charge < -0.3 is 15.4 Å². The lowest BCUT2D eigenvalue weighted by Gasteiger charge is -2.36. The van der Waals surface area contributed by atoms with Gasteiger partial charge in [-0.25, -0.2) is 10.4 Å². The first-order valence-electron chi connectivity index (χ1n) is 14.4. The molecular formula is C31H42ClN5O4. The lowest BCUT2D eigenvalue weighted by atomic mass is 9.83. The molecule has 1 saturated heterocycles. The summed E-state index contributed by atoms with van der Waals surface area (Å²) in [6.45, 7) is 14.1. The number of aromatic nitrogens is 1. The normalized spacial score (nSPS) is 28.1. The van der Waals surface area contributed by atoms with Gasteiger partial charge in [0, 0.05) is 18.0 Å². The minimum Gasteiger partial charge on any atom is -0.455 e. The number of ether oxygens (including phenoxy) is 1. The molecule has 2 aromatic rings. The van der Waals surface area contributed by atoms with Gasteiger partial charge >= 0.3 is 5.97 Å². The lowest BCUT2D eigenvalue weighted by Crippen LogP contribution is -2.61. The molecule has 1 unspecified atom stereocenters. The lowest BCUT2D eigenvalue weighted by molar-refractivity contribution is -0.157. The van der Waals surface area contributed by atoms with E-state index in [1.807, 2.05) is 38.1 Å². The van der Waals surface area contributed by atoms with E-state index in [1.54, 1.807) is 19.9 Å². The molecule has 2 amide bonds. The maximum atomic E-state index is 13.4. The smallest absolute Gasteiger partial charge is 0.325 e. The quantitative estimate of drug-likeness (QED) is 0.422. The number of hydrazine groups is 1. The van der Waals surface area contributed by atoms with E-state index in [9.17, 15) is 14.4 Å². The Morgan fingerprint density at radius 2 is 1.85 bits per heavy atom. The highest BCUT2D eigenvalue weighted by Crippen LogP contribution is 2.30. The number of hydrogen-bond acceptors (Lipinski definition) is 7. The molecule has 9 nitrogen and oxygen atoms in total. The fourth-order valence-corrected chi connectivity index (χ4v) is 5.35. The van der Waals surface area contributed by atoms with Crippen molar-refractivity contribution in [2.24, 2.45) is 11.3 Å². The standard InChI is InChI=1S/C31H42ClN5O4/c1-17(2)27-28(38)33-18(3)29(39)37-14-8-9-24(36-37)30(40)41-19(4)25-16-23(32)22-11-10-21(15-26(22)35-25)12-13-31(6,7)20(5)34-27/h10-13,15-20,24,27,34,36H,8-9,14H2,1-7H3,(H,33,38)/t18-,19+,20?,24-,27-/m0/s1. The van der Waals surface area contributed by atoms with Gasteiger partial charge in [0.1, 0.15) is 18.2 Å². The summed E-state index contributed by atoms with van der Waals surface area (Å²) in [7, 11) is 0. The zero-order valence-corrected chi connectivity index (χ0v) is 25.7. The first-order valence-corrected chi connectivity index (χ1v) is 14.8. The highest BCUT2D eigenvalue weighted by atomic mass is 35.5. The highest BCUT2D eigenvalue weighted by molar-refractivity contribution is 6.35. The van der Waals surface area contributed by atoms with E-state index in [0.717, 1.165) is 10.9 Å². The Kier molecular flexibility index (Phi) is 9.41. The number of fused-ring (bicyclic) bond motifs is 4. The van der Waals surface area contributed by atoms with E-state index in [1.165, 1.54) is 5.01 Å². The van der Waals surface area contributed by atoms with E-state index in [-0.39, 0.29) is 29.2 Å². The minimum atomic E-state index is -0.784. The highest BCUT2D eigenvalue weighted by Gasteiger charge is 2.35. The number of benzene rings is 1. The third-order valence-electron chi connectivity index (χ3n) is 8.18. The fourth-order valence-electron chi connectivity index (χ4n) is 5.07. The second-order valence-corrected chi connectivity index (χ2v) is 12.6. The Bertz CT molecular complexity index is 1340. The van der Waals surface area contributed by atoms with Crippen LogP contribution in [0.4, 0.5) is 0 Å². The van der Waals surface area contributed by atoms with Gasteiger partial charge in [0.25, 0.3) is 5.91 Å². The van der Waals surface area contributed by atoms with E-state index in [0.29, 0.717) is 35.6 Å². The Labute approximate surface area is 247 Å². The van der Waals surface area contributed by atoms with Crippen LogP contribution in [0.3, 0.4) is 0 Å². The Balaban J connectivity index is 1.73. The number of nitrogens with one attached hydrogen (secondary N) is 3. The number of carbonyl (C=O) groups is 3. The van der Waals surface area contributed by atoms with Gasteiger partial charge in [0.05, 0.1) is 22.3 Å². The number of amides is 2. The number of carbonyl (C=O) groups excluding carboxylic acids is 3. The zero-order valence-electron chi connectivity index (χ0n) is 25.0. The van der Waals surface area contributed by atoms with Crippen LogP contribution in [0.25, 0.3) is 17.0 Å². The molecule has 222 valence electrons. The van der Waals surface area contributed by atoms with Crippen LogP contribution in [-0.4, -0.2) is 58.5 Å². The molecule has 1 aromatic heterocycles. The van der Waals surface area contributed by atoms with Crippen molar-refractivity contribution < 1.29 is 19.1 Å². The topological polar surface area (TPSA) is 113 Å². The average Bonchev–Trinajstić information content (AvgIpc) is 2.93. The zero-order chi connectivity index (χ0) is 30.1. The third-order valence-corrected chi connectivity index (χ3v) is 8.49. The largest absolute Gasteiger partial charge is 0.455 e. The number of hydrogen-bond donors (Lipinski definition) is 3. The van der Waals surface area contributed by atoms with Crippen molar-refractivity contribution in [3.63, 3.8) is 0 Å². The summed E-state index contributed by atoms with van der Waals surface area (Å²) in [5.41, 5.74) is 4.89. The number of halogens is 1. The molecule has 1 fully saturated rings. The van der Waals surface area contributed by atoms with Crippen LogP contribution in [0.15, 0.2) is 30.3 Å². The first-order chi connectivity index (χ1) is 19.3. The van der Waals surface area contributed by atoms with E-state index in [4.69, 9.17) is 21.3 Å². The van der Waals surface area contributed by atoms with Gasteiger partial charge in [-0.15, -0.1) is 0 Å². The molecule has 0 saturated carbocycles. The number of esters is 1. The summed E-state index contributed by atoms with van der Waals surface area (Å²) in [6, 6.07) is 5.56. The van der Waals surface area contributed by atoms with Crippen LogP contribution in [-0.2, 0) is 19.1 Å². The summed E-state index contributed by atoms with van der Waals surface area (Å²) in [5, 5.41) is 9.13. The van der Waals surface area contributed by atoms with E-state index in [2.05, 4.69) is 42.9 Å². The molecule has 2 aliphatic rings. The number of nitrogens with zero attached hydrogens (tertiary/aromatic N) is 2. The minimum absolute atomic E-state index is 0.0131. The number of pyridine rings is 1. The maximum absolute atomic E-state index is 13.4. The average molecular weight is 584 g/mol. The van der Waals surface area contributed by atoms with Gasteiger partial charge in [0.2, 0.25) is 5.91 Å². The second kappa shape index (κ2) is 12.5. The molecule has 5 atom stereocenters. The second-order valence-electron chi connectivity index (χ2n) is 12.2. The predicted octanol–water partition coefficient (Wildman–Crippen LogP) is 4.55. The first kappa shape index (κ1) is 30.9. The molecule has 2 aliphatic heterocycles. The molecule has 10 heteroatoms. The van der Waals surface area contributed by atoms with Crippen LogP contribution in [0.1, 0.15) is 78.7 Å². The Morgan fingerprint density at radius 1 is 1.12 bits per heavy atom. The van der Waals surface area contributed by atoms with Gasteiger partial charge in [0.15, 0.2) is 0 Å². The molecule has 3 N–H and O–H groups in total. The third kappa shape index (κ3) is 7.08. The molecule has 0 radical (unpaired) electrons. The molecular weight excluding hydrogens is 542 g/mol. The van der Waals surface area contributed by atoms with Gasteiger partial charge in [-0.2, -0.15) is 0 Å². The van der Waals surface area contributed by atoms with Crippen LogP contribution in [0.5, 0.6) is 0 Å². The van der Waals surface area contributed by atoms with Gasteiger partial charge in [-0.05, 0) is 62.6 Å². The Morgan fingerprint density at radius 3 is 2.56 bits per heavy atom. The SMILES string of the molecule is CC(C)[C@@H]1NC(C)C(C)(C)C=Cc2ccc3c(Cl)cc(nc3c2)[C@@H](C)OC(=O)[C@@H]2CCCN(N2)C(=O)[C@H](C)NC1=O. The number of rotatable bonds is 1. The van der Waals surface area contributed by atoms with Crippen molar-refractivity contribution in [2.75, 3.05) is 6.54 Å². The van der Waals surface area contributed by atoms with Crippen molar-refractivity contribution >= 4 is 46.4 Å². The predicted molar refractivity (Wildman–Crippen MR) is 161 cm³/mol. The summed E-state index contributed by atoms with van der Waals surface area (Å²) in [6.07, 6.45) is 4.64. The summed E-state index contributed by atoms with van der Waals surface area (Å²) in [5.74, 6) is -1.05. The van der Waals surface area contributed by atoms with Crippen LogP contribution < -0.4 is 16.1 Å². The maximum Gasteiger partial charge on any atom is 0.325 e. The number of cyclic esters (lactones) is 1. The molecule has 5 bridgehead atoms. The van der Waals surface area contributed by atoms with Gasteiger partial charge in [-0.1, -0.05) is 63.6 Å². The van der Waals surface area contributed by atoms with Crippen molar-refractivity contribution in [3.8, 4) is 0 Å². The Hall–Kier alpha value is -3.01. The fraction of sp³-hybridized carbons (Fsp3) is 0.548. The summed E-state index contributed by atoms with van der Waals surface area (Å²) in [4.78, 5) is 44.6. The van der Waals surface area contributed by atoms with Crippen molar-refractivity contribution in [1.82, 2.24) is 26.1 Å². The van der Waals surface area contributed by atoms with Gasteiger partial charge in [-0.3, -0.25) is 19.4 Å². The van der Waals surface area contributed by atoms with Crippen molar-refractivity contribution in [2.45, 2.75) is 91.6 Å². The van der Waals surface area contributed by atoms with Crippen LogP contribution in [0, 0.1) is 11.3 Å². The molecule has 0 aliphatic carbocycles. The van der Waals surface area contributed by atoms with Crippen molar-refractivity contribution in [1.29, 1.82) is 0 Å². The summed E-state index contributed by atoms with van der Waals surface area (Å²) < 4.78 is 5.78. The van der Waals surface area contributed by atoms with Crippen molar-refractivity contribution in [3.05, 3.63) is 46.6 Å². The van der Waals surface area contributed by atoms with Crippen LogP contribution >= 0.6 is 11.6 Å². The molecule has 0 spiro atoms. The molecule has 4 rings (SSSR count). The van der Waals surface area contributed by atoms with E-state index < -0.39 is 30.2 Å². The molecule has 1 aromatic carbocycles. The van der Waals surface area contributed by atoms with Crippen LogP contribution in [0.2, 0.25) is 5.02 Å². The molecule has 3 heterocycles. The summed E-state index contributed by atoms with van der Waals surface area (Å²) >= 11 is 6.61. The van der Waals surface area contributed by atoms with E-state index >= 15 is 0 Å². The monoisotopic (exact) mass is 583 g/mol. The molecule has 41 heavy (non-hydrogen) atoms.